The molecule has 0 saturated heterocycles. The van der Waals surface area contributed by atoms with Gasteiger partial charge >= 0.3 is 0 Å². The Morgan fingerprint density at radius 2 is 1.63 bits per heavy atom. The van der Waals surface area contributed by atoms with Gasteiger partial charge in [0, 0.05) is 6.07 Å². The van der Waals surface area contributed by atoms with Crippen molar-refractivity contribution in [2.45, 2.75) is 0 Å². The summed E-state index contributed by atoms with van der Waals surface area (Å²) < 4.78 is 53.2. The molecule has 0 aliphatic rings. The molecule has 0 aliphatic heterocycles. The van der Waals surface area contributed by atoms with Gasteiger partial charge in [-0.05, 0) is 24.3 Å². The van der Waals surface area contributed by atoms with Crippen LogP contribution in [0.3, 0.4) is 0 Å². The van der Waals surface area contributed by atoms with Crippen LogP contribution in [0.25, 0.3) is 0 Å². The zero-order chi connectivity index (χ0) is 14.0. The number of nitriles is 1. The Labute approximate surface area is 105 Å². The van der Waals surface area contributed by atoms with Gasteiger partial charge in [0.15, 0.2) is 11.6 Å². The van der Waals surface area contributed by atoms with Crippen LogP contribution in [-0.2, 0) is 0 Å². The van der Waals surface area contributed by atoms with Crippen LogP contribution in [0.15, 0.2) is 30.3 Å². The molecule has 0 radical (unpaired) electrons. The van der Waals surface area contributed by atoms with Gasteiger partial charge in [0.25, 0.3) is 0 Å². The fraction of sp³-hybridized carbons (Fsp3) is 0. The Morgan fingerprint density at radius 3 is 2.32 bits per heavy atom. The summed E-state index contributed by atoms with van der Waals surface area (Å²) in [7, 11) is 0. The maximum Gasteiger partial charge on any atom is 0.183 e. The zero-order valence-electron chi connectivity index (χ0n) is 9.35. The number of anilines is 2. The van der Waals surface area contributed by atoms with E-state index in [4.69, 9.17) is 5.26 Å². The second kappa shape index (κ2) is 4.98. The number of hydrogen-bond donors (Lipinski definition) is 1. The van der Waals surface area contributed by atoms with Crippen LogP contribution in [0.5, 0.6) is 0 Å². The van der Waals surface area contributed by atoms with Gasteiger partial charge in [-0.1, -0.05) is 0 Å². The van der Waals surface area contributed by atoms with Gasteiger partial charge in [-0.3, -0.25) is 0 Å². The number of nitrogens with one attached hydrogen (secondary N) is 1. The largest absolute Gasteiger partial charge is 0.351 e. The monoisotopic (exact) mass is 266 g/mol. The molecule has 0 atom stereocenters. The van der Waals surface area contributed by atoms with E-state index >= 15 is 0 Å². The highest BCUT2D eigenvalue weighted by atomic mass is 19.2. The van der Waals surface area contributed by atoms with Gasteiger partial charge in [-0.15, -0.1) is 0 Å². The molecule has 0 unspecified atom stereocenters. The Bertz CT molecular complexity index is 677. The third-order valence-electron chi connectivity index (χ3n) is 2.40. The van der Waals surface area contributed by atoms with Crippen LogP contribution >= 0.6 is 0 Å². The second-order valence-corrected chi connectivity index (χ2v) is 3.65. The van der Waals surface area contributed by atoms with Crippen molar-refractivity contribution in [1.29, 1.82) is 5.26 Å². The van der Waals surface area contributed by atoms with Crippen molar-refractivity contribution in [1.82, 2.24) is 0 Å². The molecule has 96 valence electrons. The lowest BCUT2D eigenvalue weighted by atomic mass is 10.2. The molecule has 0 aliphatic carbocycles. The first-order valence-electron chi connectivity index (χ1n) is 5.13. The maximum atomic E-state index is 13.6. The molecule has 0 aromatic heterocycles. The molecular weight excluding hydrogens is 260 g/mol. The third kappa shape index (κ3) is 2.50. The van der Waals surface area contributed by atoms with E-state index in [1.165, 1.54) is 6.07 Å². The number of rotatable bonds is 2. The van der Waals surface area contributed by atoms with Crippen LogP contribution in [-0.4, -0.2) is 0 Å². The van der Waals surface area contributed by atoms with E-state index in [9.17, 15) is 17.6 Å². The molecule has 0 spiro atoms. The minimum atomic E-state index is -1.34. The van der Waals surface area contributed by atoms with Gasteiger partial charge in [0.1, 0.15) is 17.7 Å². The smallest absolute Gasteiger partial charge is 0.183 e. The highest BCUT2D eigenvalue weighted by molar-refractivity contribution is 5.62. The third-order valence-corrected chi connectivity index (χ3v) is 2.40. The van der Waals surface area contributed by atoms with Crippen molar-refractivity contribution in [3.8, 4) is 6.07 Å². The highest BCUT2D eigenvalue weighted by Crippen LogP contribution is 2.25. The number of halogens is 4. The molecule has 0 fully saturated rings. The molecule has 0 amide bonds. The Hall–Kier alpha value is -2.55. The summed E-state index contributed by atoms with van der Waals surface area (Å²) >= 11 is 0. The van der Waals surface area contributed by atoms with Crippen molar-refractivity contribution in [2.24, 2.45) is 0 Å². The van der Waals surface area contributed by atoms with Crippen LogP contribution in [0.2, 0.25) is 0 Å². The first-order valence-corrected chi connectivity index (χ1v) is 5.13. The molecule has 0 heterocycles. The minimum Gasteiger partial charge on any atom is -0.351 e. The SMILES string of the molecule is N#Cc1ccc(Nc2cc(F)ccc2F)c(F)c1F. The van der Waals surface area contributed by atoms with E-state index in [0.717, 1.165) is 30.3 Å². The maximum absolute atomic E-state index is 13.6. The van der Waals surface area contributed by atoms with E-state index in [-0.39, 0.29) is 11.4 Å². The first-order chi connectivity index (χ1) is 9.02. The van der Waals surface area contributed by atoms with Crippen molar-refractivity contribution in [3.63, 3.8) is 0 Å². The van der Waals surface area contributed by atoms with Crippen molar-refractivity contribution in [3.05, 3.63) is 59.2 Å². The summed E-state index contributed by atoms with van der Waals surface area (Å²) in [5.74, 6) is -4.21. The summed E-state index contributed by atoms with van der Waals surface area (Å²) in [5.41, 5.74) is -1.19. The quantitative estimate of drug-likeness (QED) is 0.838. The Kier molecular flexibility index (Phi) is 3.38. The van der Waals surface area contributed by atoms with E-state index in [2.05, 4.69) is 5.32 Å². The molecule has 6 heteroatoms. The fourth-order valence-corrected chi connectivity index (χ4v) is 1.47. The molecule has 2 aromatic carbocycles. The van der Waals surface area contributed by atoms with Crippen LogP contribution in [0, 0.1) is 34.6 Å². The molecule has 2 nitrogen and oxygen atoms in total. The average Bonchev–Trinajstić information content (AvgIpc) is 2.39. The van der Waals surface area contributed by atoms with E-state index < -0.39 is 28.8 Å². The number of hydrogen-bond acceptors (Lipinski definition) is 2. The van der Waals surface area contributed by atoms with Gasteiger partial charge < -0.3 is 5.32 Å². The second-order valence-electron chi connectivity index (χ2n) is 3.65. The van der Waals surface area contributed by atoms with Crippen molar-refractivity contribution < 1.29 is 17.6 Å². The van der Waals surface area contributed by atoms with Gasteiger partial charge in [0.2, 0.25) is 0 Å². The topological polar surface area (TPSA) is 35.8 Å². The van der Waals surface area contributed by atoms with Gasteiger partial charge in [-0.2, -0.15) is 5.26 Å². The molecule has 0 bridgehead atoms. The Morgan fingerprint density at radius 1 is 0.895 bits per heavy atom. The van der Waals surface area contributed by atoms with Crippen molar-refractivity contribution in [2.75, 3.05) is 5.32 Å². The van der Waals surface area contributed by atoms with Gasteiger partial charge in [0.05, 0.1) is 16.9 Å². The van der Waals surface area contributed by atoms with E-state index in [1.54, 1.807) is 0 Å². The molecular formula is C13H6F4N2. The zero-order valence-corrected chi connectivity index (χ0v) is 9.35. The van der Waals surface area contributed by atoms with Gasteiger partial charge in [-0.25, -0.2) is 17.6 Å². The van der Waals surface area contributed by atoms with Crippen LogP contribution in [0.4, 0.5) is 28.9 Å². The molecule has 0 saturated carbocycles. The molecule has 2 aromatic rings. The van der Waals surface area contributed by atoms with E-state index in [0.29, 0.717) is 0 Å². The summed E-state index contributed by atoms with van der Waals surface area (Å²) in [4.78, 5) is 0. The highest BCUT2D eigenvalue weighted by Gasteiger charge is 2.14. The average molecular weight is 266 g/mol. The number of benzene rings is 2. The lowest BCUT2D eigenvalue weighted by Crippen LogP contribution is -2.00. The lowest BCUT2D eigenvalue weighted by Gasteiger charge is -2.09. The van der Waals surface area contributed by atoms with E-state index in [1.807, 2.05) is 0 Å². The lowest BCUT2D eigenvalue weighted by molar-refractivity contribution is 0.509. The molecule has 19 heavy (non-hydrogen) atoms. The van der Waals surface area contributed by atoms with Crippen molar-refractivity contribution >= 4 is 11.4 Å². The predicted octanol–water partition coefficient (Wildman–Crippen LogP) is 3.86. The predicted molar refractivity (Wildman–Crippen MR) is 60.7 cm³/mol. The molecule has 2 rings (SSSR count). The first kappa shape index (κ1) is 12.9. The summed E-state index contributed by atoms with van der Waals surface area (Å²) in [6, 6.07) is 6.15. The minimum absolute atomic E-state index is 0.331. The number of nitrogens with zero attached hydrogens (tertiary/aromatic N) is 1. The van der Waals surface area contributed by atoms with Crippen LogP contribution < -0.4 is 5.32 Å². The molecule has 1 N–H and O–H groups in total. The Balaban J connectivity index is 2.42. The summed E-state index contributed by atoms with van der Waals surface area (Å²) in [5, 5.41) is 10.8. The standard InChI is InChI=1S/C13H6F4N2/c14-8-2-3-9(15)11(5-8)19-10-4-1-7(6-18)12(16)13(10)17/h1-5,19H. The normalized spacial score (nSPS) is 10.1. The fourth-order valence-electron chi connectivity index (χ4n) is 1.47. The summed E-state index contributed by atoms with van der Waals surface area (Å²) in [6.07, 6.45) is 0. The summed E-state index contributed by atoms with van der Waals surface area (Å²) in [6.45, 7) is 0. The van der Waals surface area contributed by atoms with Crippen LogP contribution in [0.1, 0.15) is 5.56 Å².